The molecule has 59 heavy (non-hydrogen) atoms. The highest BCUT2D eigenvalue weighted by Crippen LogP contribution is 2.48. The third kappa shape index (κ3) is 9.43. The van der Waals surface area contributed by atoms with Crippen LogP contribution in [-0.2, 0) is 46.7 Å². The van der Waals surface area contributed by atoms with E-state index in [4.69, 9.17) is 25.8 Å². The second-order valence-electron chi connectivity index (χ2n) is 17.0. The summed E-state index contributed by atoms with van der Waals surface area (Å²) in [6, 6.07) is 10.9. The Morgan fingerprint density at radius 2 is 1.93 bits per heavy atom. The van der Waals surface area contributed by atoms with Gasteiger partial charge in [0.05, 0.1) is 51.1 Å². The Morgan fingerprint density at radius 3 is 2.66 bits per heavy atom. The number of hydrogen-bond donors (Lipinski definition) is 2. The predicted octanol–water partition coefficient (Wildman–Crippen LogP) is 4.11. The molecule has 5 aliphatic rings. The molecule has 1 spiro atoms. The van der Waals surface area contributed by atoms with Crippen LogP contribution < -0.4 is 14.4 Å². The van der Waals surface area contributed by atoms with Crippen molar-refractivity contribution in [3.05, 3.63) is 70.3 Å². The summed E-state index contributed by atoms with van der Waals surface area (Å²) in [7, 11) is -0.169. The fourth-order valence-corrected chi connectivity index (χ4v) is 10.3. The molecule has 17 heteroatoms. The fourth-order valence-electron chi connectivity index (χ4n) is 9.22. The Labute approximate surface area is 350 Å². The number of nitrogens with one attached hydrogen (secondary N) is 1. The molecule has 1 saturated heterocycles. The molecular weight excluding hydrogens is 808 g/mol. The van der Waals surface area contributed by atoms with E-state index in [1.54, 1.807) is 24.1 Å². The molecule has 5 atom stereocenters. The summed E-state index contributed by atoms with van der Waals surface area (Å²) in [5, 5.41) is 13.1. The average Bonchev–Trinajstić information content (AvgIpc) is 3.32. The topological polar surface area (TPSA) is 141 Å². The molecule has 2 N–H and O–H groups in total. The summed E-state index contributed by atoms with van der Waals surface area (Å²) in [5.74, 6) is -3.70. The number of amides is 2. The Morgan fingerprint density at radius 1 is 1.14 bits per heavy atom. The van der Waals surface area contributed by atoms with E-state index in [0.717, 1.165) is 42.0 Å². The van der Waals surface area contributed by atoms with Gasteiger partial charge in [-0.25, -0.2) is 13.5 Å². The van der Waals surface area contributed by atoms with Crippen molar-refractivity contribution in [3.63, 3.8) is 0 Å². The number of likely N-dealkylation sites (N-methyl/N-ethyl adjacent to an activating group) is 1. The SMILES string of the molecule is COCCN(C)S(=O)(=O)NC(=O)[C@@]1(O)CC(=O)N(C)CC/C=C/[C@H](OCCN2CC(F)(F)C2)[C@@H]2CC[C@H]2CN2C[C@@]3(CCCc4cc(Cl)ccc43)COc3ccc1cc32. The Bertz CT molecular complexity index is 2020. The van der Waals surface area contributed by atoms with E-state index in [1.165, 1.54) is 30.7 Å². The van der Waals surface area contributed by atoms with Crippen LogP contribution in [-0.4, -0.2) is 138 Å². The van der Waals surface area contributed by atoms with Crippen LogP contribution in [0.15, 0.2) is 48.6 Å². The van der Waals surface area contributed by atoms with Gasteiger partial charge in [-0.05, 0) is 91.3 Å². The van der Waals surface area contributed by atoms with E-state index in [2.05, 4.69) is 11.0 Å². The minimum Gasteiger partial charge on any atom is -0.490 e. The highest BCUT2D eigenvalue weighted by molar-refractivity contribution is 7.87. The van der Waals surface area contributed by atoms with E-state index >= 15 is 0 Å². The summed E-state index contributed by atoms with van der Waals surface area (Å²) in [5.41, 5.74) is -0.0485. The maximum Gasteiger partial charge on any atom is 0.303 e. The quantitative estimate of drug-likeness (QED) is 0.336. The van der Waals surface area contributed by atoms with E-state index in [1.807, 2.05) is 29.0 Å². The number of rotatable bonds is 10. The van der Waals surface area contributed by atoms with Gasteiger partial charge in [0.1, 0.15) is 5.75 Å². The van der Waals surface area contributed by atoms with Crippen molar-refractivity contribution < 1.29 is 46.1 Å². The molecule has 3 aliphatic heterocycles. The number of anilines is 1. The third-order valence-electron chi connectivity index (χ3n) is 12.9. The van der Waals surface area contributed by atoms with Gasteiger partial charge in [-0.2, -0.15) is 12.7 Å². The minimum absolute atomic E-state index is 0.0422. The standard InChI is InChI=1S/C42H56ClF2N5O8S/c1-47-16-5-4-8-36(57-20-18-49-26-41(44,45)27-49)33-12-9-30(33)24-50-25-40(15-6-7-29-21-32(43)11-13-34(29)40)28-58-37-14-10-31(22-35(37)50)42(53,23-38(47)51)39(52)46-59(54,55)48(2)17-19-56-3/h4,8,10-11,13-14,21-22,30,33,36,53H,5-7,9,12,15-20,23-28H2,1-3H3,(H,46,52)/b8-4+/t30-,33+,36-,40-,42+/m0/s1. The number of benzene rings is 2. The molecule has 3 heterocycles. The molecule has 2 aliphatic carbocycles. The first-order valence-electron chi connectivity index (χ1n) is 20.5. The first-order valence-corrected chi connectivity index (χ1v) is 22.3. The van der Waals surface area contributed by atoms with Crippen molar-refractivity contribution in [2.24, 2.45) is 11.8 Å². The van der Waals surface area contributed by atoms with E-state index in [0.29, 0.717) is 55.7 Å². The molecular formula is C42H56ClF2N5O8S. The minimum atomic E-state index is -4.44. The lowest BCUT2D eigenvalue weighted by Crippen LogP contribution is -2.57. The second kappa shape index (κ2) is 17.5. The molecule has 7 rings (SSSR count). The van der Waals surface area contributed by atoms with Crippen LogP contribution >= 0.6 is 11.6 Å². The maximum absolute atomic E-state index is 14.2. The van der Waals surface area contributed by atoms with Crippen LogP contribution in [0.4, 0.5) is 14.5 Å². The predicted molar refractivity (Wildman–Crippen MR) is 219 cm³/mol. The zero-order valence-corrected chi connectivity index (χ0v) is 35.6. The maximum atomic E-state index is 14.2. The summed E-state index contributed by atoms with van der Waals surface area (Å²) in [6.45, 7) is 1.91. The van der Waals surface area contributed by atoms with Crippen LogP contribution in [0.25, 0.3) is 0 Å². The van der Waals surface area contributed by atoms with Crippen LogP contribution in [0.2, 0.25) is 5.02 Å². The molecule has 0 aromatic heterocycles. The van der Waals surface area contributed by atoms with E-state index in [9.17, 15) is 31.9 Å². The summed E-state index contributed by atoms with van der Waals surface area (Å²) in [4.78, 5) is 33.4. The smallest absolute Gasteiger partial charge is 0.303 e. The van der Waals surface area contributed by atoms with Gasteiger partial charge in [-0.3, -0.25) is 14.5 Å². The van der Waals surface area contributed by atoms with Crippen LogP contribution in [0.3, 0.4) is 0 Å². The molecule has 324 valence electrons. The summed E-state index contributed by atoms with van der Waals surface area (Å²) >= 11 is 6.48. The highest BCUT2D eigenvalue weighted by Gasteiger charge is 2.48. The number of carbonyl (C=O) groups is 2. The number of halogens is 3. The normalized spacial score (nSPS) is 29.1. The van der Waals surface area contributed by atoms with Crippen molar-refractivity contribution in [1.82, 2.24) is 18.8 Å². The lowest BCUT2D eigenvalue weighted by Gasteiger charge is -2.46. The van der Waals surface area contributed by atoms with Gasteiger partial charge in [-0.15, -0.1) is 0 Å². The molecule has 0 radical (unpaired) electrons. The molecule has 1 saturated carbocycles. The summed E-state index contributed by atoms with van der Waals surface area (Å²) < 4.78 is 74.9. The fraction of sp³-hybridized carbons (Fsp3) is 0.619. The molecule has 2 bridgehead atoms. The second-order valence-corrected chi connectivity index (χ2v) is 19.2. The summed E-state index contributed by atoms with van der Waals surface area (Å²) in [6.07, 6.45) is 7.86. The molecule has 0 unspecified atom stereocenters. The van der Waals surface area contributed by atoms with Crippen LogP contribution in [0.5, 0.6) is 5.75 Å². The lowest BCUT2D eigenvalue weighted by molar-refractivity contribution is -0.148. The Kier molecular flexibility index (Phi) is 13.0. The molecule has 13 nitrogen and oxygen atoms in total. The largest absolute Gasteiger partial charge is 0.490 e. The van der Waals surface area contributed by atoms with Crippen molar-refractivity contribution >= 4 is 39.3 Å². The van der Waals surface area contributed by atoms with Gasteiger partial charge in [-0.1, -0.05) is 35.9 Å². The number of alkyl halides is 2. The van der Waals surface area contributed by atoms with Crippen molar-refractivity contribution in [1.29, 1.82) is 0 Å². The van der Waals surface area contributed by atoms with E-state index in [-0.39, 0.29) is 56.3 Å². The van der Waals surface area contributed by atoms with Gasteiger partial charge in [0, 0.05) is 64.4 Å². The van der Waals surface area contributed by atoms with E-state index < -0.39 is 45.4 Å². The number of carbonyl (C=O) groups excluding carboxylic acids is 2. The number of nitrogens with zero attached hydrogens (tertiary/aromatic N) is 4. The van der Waals surface area contributed by atoms with Gasteiger partial charge in [0.25, 0.3) is 11.8 Å². The van der Waals surface area contributed by atoms with Gasteiger partial charge in [0.2, 0.25) is 5.91 Å². The Hall–Kier alpha value is -3.38. The third-order valence-corrected chi connectivity index (χ3v) is 14.6. The lowest BCUT2D eigenvalue weighted by atomic mass is 9.68. The molecule has 2 aromatic carbocycles. The highest BCUT2D eigenvalue weighted by atomic mass is 35.5. The Balaban J connectivity index is 1.26. The zero-order valence-electron chi connectivity index (χ0n) is 34.0. The van der Waals surface area contributed by atoms with Crippen molar-refractivity contribution in [2.45, 2.75) is 68.0 Å². The zero-order chi connectivity index (χ0) is 42.2. The van der Waals surface area contributed by atoms with Gasteiger partial charge in [0.15, 0.2) is 5.60 Å². The number of likely N-dealkylation sites (tertiary alicyclic amines) is 1. The van der Waals surface area contributed by atoms with Crippen LogP contribution in [0, 0.1) is 11.8 Å². The van der Waals surface area contributed by atoms with Crippen LogP contribution in [0.1, 0.15) is 55.2 Å². The van der Waals surface area contributed by atoms with Crippen molar-refractivity contribution in [2.75, 3.05) is 91.7 Å². The monoisotopic (exact) mass is 863 g/mol. The number of fused-ring (bicyclic) bond motifs is 4. The molecule has 2 amide bonds. The van der Waals surface area contributed by atoms with Gasteiger partial charge < -0.3 is 29.1 Å². The number of ether oxygens (including phenoxy) is 3. The number of aryl methyl sites for hydroxylation is 1. The average molecular weight is 864 g/mol. The molecule has 2 aromatic rings. The van der Waals surface area contributed by atoms with Gasteiger partial charge >= 0.3 is 10.2 Å². The number of methoxy groups -OCH3 is 1. The number of aliphatic hydroxyl groups is 1. The first-order chi connectivity index (χ1) is 28.0. The first kappa shape index (κ1) is 43.7. The van der Waals surface area contributed by atoms with Crippen molar-refractivity contribution in [3.8, 4) is 5.75 Å². The molecule has 2 fully saturated rings. The number of hydrogen-bond acceptors (Lipinski definition) is 10.